The van der Waals surface area contributed by atoms with E-state index in [2.05, 4.69) is 50.5 Å². The molecule has 6 heteroatoms. The molecule has 0 spiro atoms. The van der Waals surface area contributed by atoms with E-state index in [1.54, 1.807) is 12.4 Å². The molecule has 0 radical (unpaired) electrons. The Morgan fingerprint density at radius 1 is 0.969 bits per heavy atom. The number of nitrogens with zero attached hydrogens (tertiary/aromatic N) is 5. The van der Waals surface area contributed by atoms with E-state index in [0.29, 0.717) is 18.3 Å². The zero-order valence-corrected chi connectivity index (χ0v) is 19.1. The number of aryl methyl sites for hydroxylation is 1. The number of hydrogen-bond acceptors (Lipinski definition) is 6. The van der Waals surface area contributed by atoms with Crippen LogP contribution in [-0.4, -0.2) is 31.2 Å². The Hall–Kier alpha value is -3.02. The molecule has 0 aliphatic heterocycles. The minimum atomic E-state index is -0.0390. The third kappa shape index (κ3) is 5.42. The Labute approximate surface area is 189 Å². The zero-order valence-electron chi connectivity index (χ0n) is 19.1. The largest absolute Gasteiger partial charge is 0.299 e. The summed E-state index contributed by atoms with van der Waals surface area (Å²) in [4.78, 5) is 16.8. The van der Waals surface area contributed by atoms with Gasteiger partial charge in [0.1, 0.15) is 5.78 Å². The first kappa shape index (κ1) is 22.2. The summed E-state index contributed by atoms with van der Waals surface area (Å²) in [6.07, 6.45) is 7.92. The highest BCUT2D eigenvalue weighted by Gasteiger charge is 2.29. The second kappa shape index (κ2) is 10.1. The molecule has 0 amide bonds. The SMILES string of the molecule is Cc1ccc(C2CCC(c3ccc(CC(C)C(C)C(=O)Cc4cccnc4)nn3)C2)nn1. The fraction of sp³-hybridized carbons (Fsp3) is 0.462. The van der Waals surface area contributed by atoms with Crippen molar-refractivity contribution in [1.82, 2.24) is 25.4 Å². The average Bonchev–Trinajstić information content (AvgIpc) is 3.30. The Balaban J connectivity index is 1.31. The Bertz CT molecular complexity index is 1020. The fourth-order valence-electron chi connectivity index (χ4n) is 4.53. The van der Waals surface area contributed by atoms with Crippen LogP contribution >= 0.6 is 0 Å². The molecular formula is C26H31N5O. The van der Waals surface area contributed by atoms with Crippen LogP contribution in [-0.2, 0) is 17.6 Å². The van der Waals surface area contributed by atoms with Crippen LogP contribution in [0.1, 0.15) is 73.3 Å². The minimum Gasteiger partial charge on any atom is -0.299 e. The summed E-state index contributed by atoms with van der Waals surface area (Å²) in [7, 11) is 0. The van der Waals surface area contributed by atoms with Crippen molar-refractivity contribution in [1.29, 1.82) is 0 Å². The van der Waals surface area contributed by atoms with Crippen molar-refractivity contribution in [2.75, 3.05) is 0 Å². The van der Waals surface area contributed by atoms with Gasteiger partial charge in [0.05, 0.1) is 22.8 Å². The highest BCUT2D eigenvalue weighted by atomic mass is 16.1. The van der Waals surface area contributed by atoms with Gasteiger partial charge in [0.15, 0.2) is 0 Å². The molecule has 32 heavy (non-hydrogen) atoms. The van der Waals surface area contributed by atoms with Crippen LogP contribution in [0.2, 0.25) is 0 Å². The smallest absolute Gasteiger partial charge is 0.140 e. The van der Waals surface area contributed by atoms with Gasteiger partial charge in [-0.3, -0.25) is 9.78 Å². The van der Waals surface area contributed by atoms with Crippen LogP contribution < -0.4 is 0 Å². The van der Waals surface area contributed by atoms with Crippen molar-refractivity contribution in [2.45, 2.75) is 64.7 Å². The predicted molar refractivity (Wildman–Crippen MR) is 123 cm³/mol. The molecule has 4 atom stereocenters. The van der Waals surface area contributed by atoms with Crippen molar-refractivity contribution >= 4 is 5.78 Å². The lowest BCUT2D eigenvalue weighted by molar-refractivity contribution is -0.123. The summed E-state index contributed by atoms with van der Waals surface area (Å²) in [5.41, 5.74) is 5.01. The maximum Gasteiger partial charge on any atom is 0.140 e. The zero-order chi connectivity index (χ0) is 22.5. The van der Waals surface area contributed by atoms with Crippen LogP contribution in [0, 0.1) is 18.8 Å². The van der Waals surface area contributed by atoms with Gasteiger partial charge in [-0.15, -0.1) is 0 Å². The number of pyridine rings is 1. The number of carbonyl (C=O) groups is 1. The first-order chi connectivity index (χ1) is 15.5. The molecule has 4 rings (SSSR count). The fourth-order valence-corrected chi connectivity index (χ4v) is 4.53. The molecule has 1 fully saturated rings. The van der Waals surface area contributed by atoms with E-state index in [9.17, 15) is 4.79 Å². The lowest BCUT2D eigenvalue weighted by Gasteiger charge is -2.18. The van der Waals surface area contributed by atoms with Gasteiger partial charge in [-0.05, 0) is 74.4 Å². The second-order valence-corrected chi connectivity index (χ2v) is 9.23. The summed E-state index contributed by atoms with van der Waals surface area (Å²) in [6.45, 7) is 6.09. The van der Waals surface area contributed by atoms with E-state index in [1.165, 1.54) is 0 Å². The Kier molecular flexibility index (Phi) is 6.98. The molecule has 0 bridgehead atoms. The molecule has 3 aromatic heterocycles. The Morgan fingerprint density at radius 2 is 1.69 bits per heavy atom. The van der Waals surface area contributed by atoms with Crippen molar-refractivity contribution in [3.05, 3.63) is 77.1 Å². The van der Waals surface area contributed by atoms with Gasteiger partial charge in [-0.25, -0.2) is 0 Å². The van der Waals surface area contributed by atoms with Gasteiger partial charge in [0, 0.05) is 36.6 Å². The van der Waals surface area contributed by atoms with Gasteiger partial charge in [-0.1, -0.05) is 19.9 Å². The van der Waals surface area contributed by atoms with E-state index in [0.717, 1.165) is 54.0 Å². The van der Waals surface area contributed by atoms with Gasteiger partial charge in [0.2, 0.25) is 0 Å². The lowest BCUT2D eigenvalue weighted by atomic mass is 9.86. The Morgan fingerprint density at radius 3 is 2.28 bits per heavy atom. The van der Waals surface area contributed by atoms with Crippen molar-refractivity contribution < 1.29 is 4.79 Å². The highest BCUT2D eigenvalue weighted by Crippen LogP contribution is 2.42. The molecule has 166 valence electrons. The molecule has 3 aromatic rings. The molecular weight excluding hydrogens is 398 g/mol. The van der Waals surface area contributed by atoms with Crippen LogP contribution in [0.5, 0.6) is 0 Å². The maximum atomic E-state index is 12.7. The summed E-state index contributed by atoms with van der Waals surface area (Å²) < 4.78 is 0. The number of rotatable bonds is 8. The number of Topliss-reactive ketones (excluding diaryl/α,β-unsaturated/α-hetero) is 1. The molecule has 1 aliphatic rings. The molecule has 1 aliphatic carbocycles. The summed E-state index contributed by atoms with van der Waals surface area (Å²) in [5.74, 6) is 1.27. The normalized spacial score (nSPS) is 20.1. The molecule has 0 saturated heterocycles. The third-order valence-electron chi connectivity index (χ3n) is 6.82. The highest BCUT2D eigenvalue weighted by molar-refractivity contribution is 5.83. The van der Waals surface area contributed by atoms with Crippen molar-refractivity contribution in [3.8, 4) is 0 Å². The van der Waals surface area contributed by atoms with Gasteiger partial charge in [0.25, 0.3) is 0 Å². The number of aromatic nitrogens is 5. The topological polar surface area (TPSA) is 81.5 Å². The second-order valence-electron chi connectivity index (χ2n) is 9.23. The predicted octanol–water partition coefficient (Wildman–Crippen LogP) is 4.65. The molecule has 0 aromatic carbocycles. The monoisotopic (exact) mass is 429 g/mol. The molecule has 1 saturated carbocycles. The summed E-state index contributed by atoms with van der Waals surface area (Å²) >= 11 is 0. The van der Waals surface area contributed by atoms with E-state index in [-0.39, 0.29) is 17.6 Å². The molecule has 4 unspecified atom stereocenters. The molecule has 6 nitrogen and oxygen atoms in total. The molecule has 3 heterocycles. The number of carbonyl (C=O) groups excluding carboxylic acids is 1. The van der Waals surface area contributed by atoms with Crippen LogP contribution in [0.25, 0.3) is 0 Å². The van der Waals surface area contributed by atoms with Crippen LogP contribution in [0.4, 0.5) is 0 Å². The molecule has 0 N–H and O–H groups in total. The van der Waals surface area contributed by atoms with Crippen LogP contribution in [0.15, 0.2) is 48.8 Å². The maximum absolute atomic E-state index is 12.7. The first-order valence-electron chi connectivity index (χ1n) is 11.5. The van der Waals surface area contributed by atoms with Gasteiger partial charge in [-0.2, -0.15) is 20.4 Å². The van der Waals surface area contributed by atoms with Gasteiger partial charge >= 0.3 is 0 Å². The van der Waals surface area contributed by atoms with Crippen molar-refractivity contribution in [2.24, 2.45) is 11.8 Å². The lowest BCUT2D eigenvalue weighted by Crippen LogP contribution is -2.23. The third-order valence-corrected chi connectivity index (χ3v) is 6.82. The van der Waals surface area contributed by atoms with E-state index in [1.807, 2.05) is 32.0 Å². The summed E-state index contributed by atoms with van der Waals surface area (Å²) in [6, 6.07) is 12.2. The van der Waals surface area contributed by atoms with Gasteiger partial charge < -0.3 is 0 Å². The van der Waals surface area contributed by atoms with Crippen LogP contribution in [0.3, 0.4) is 0 Å². The van der Waals surface area contributed by atoms with Crippen molar-refractivity contribution in [3.63, 3.8) is 0 Å². The van der Waals surface area contributed by atoms with E-state index >= 15 is 0 Å². The first-order valence-corrected chi connectivity index (χ1v) is 11.5. The number of ketones is 1. The van der Waals surface area contributed by atoms with E-state index in [4.69, 9.17) is 0 Å². The minimum absolute atomic E-state index is 0.0390. The quantitative estimate of drug-likeness (QED) is 0.518. The summed E-state index contributed by atoms with van der Waals surface area (Å²) in [5, 5.41) is 17.6. The number of hydrogen-bond donors (Lipinski definition) is 0. The average molecular weight is 430 g/mol. The standard InChI is InChI=1S/C26H31N5O/c1-17(19(3)26(32)14-20-5-4-12-27-16-20)13-23-9-11-25(31-29-23)22-8-7-21(15-22)24-10-6-18(2)28-30-24/h4-6,9-12,16-17,19,21-22H,7-8,13-15H2,1-3H3. The van der Waals surface area contributed by atoms with E-state index < -0.39 is 0 Å².